The lowest BCUT2D eigenvalue weighted by molar-refractivity contribution is 0.0134. The molecular formula is C22H25F2N3O. The minimum absolute atomic E-state index is 0.138. The standard InChI is InChI=1S/C22H25F2N3O/c1-21(23,24)19-13-18-17(9-12-25-20(18)27-19)15-5-7-16(8-6-15)26-14-22(28)10-3-2-4-11-22/h5-9,12-13,26,28H,2-4,10-11,14H2,1H3,(H,25,27). The number of benzene rings is 1. The van der Waals surface area contributed by atoms with Gasteiger partial charge in [-0.1, -0.05) is 31.4 Å². The highest BCUT2D eigenvalue weighted by Crippen LogP contribution is 2.34. The molecule has 1 fully saturated rings. The Morgan fingerprint density at radius 2 is 1.86 bits per heavy atom. The van der Waals surface area contributed by atoms with E-state index in [0.717, 1.165) is 49.4 Å². The van der Waals surface area contributed by atoms with Gasteiger partial charge >= 0.3 is 0 Å². The third-order valence-electron chi connectivity index (χ3n) is 5.61. The largest absolute Gasteiger partial charge is 0.388 e. The van der Waals surface area contributed by atoms with Gasteiger partial charge in [0.05, 0.1) is 11.3 Å². The lowest BCUT2D eigenvalue weighted by atomic mass is 9.85. The van der Waals surface area contributed by atoms with E-state index in [-0.39, 0.29) is 5.69 Å². The van der Waals surface area contributed by atoms with E-state index in [1.807, 2.05) is 30.3 Å². The number of H-pyrrole nitrogens is 1. The molecule has 0 aliphatic heterocycles. The first-order chi connectivity index (χ1) is 13.3. The summed E-state index contributed by atoms with van der Waals surface area (Å²) in [5, 5.41) is 14.6. The molecule has 0 atom stereocenters. The monoisotopic (exact) mass is 385 g/mol. The van der Waals surface area contributed by atoms with Gasteiger partial charge in [-0.05, 0) is 48.2 Å². The summed E-state index contributed by atoms with van der Waals surface area (Å²) >= 11 is 0. The number of hydrogen-bond donors (Lipinski definition) is 3. The second-order valence-electron chi connectivity index (χ2n) is 7.91. The minimum Gasteiger partial charge on any atom is -0.388 e. The average molecular weight is 385 g/mol. The molecule has 3 aromatic rings. The number of pyridine rings is 1. The number of halogens is 2. The predicted molar refractivity (Wildman–Crippen MR) is 108 cm³/mol. The fraction of sp³-hybridized carbons (Fsp3) is 0.409. The van der Waals surface area contributed by atoms with Crippen molar-refractivity contribution in [2.24, 2.45) is 0 Å². The molecule has 0 bridgehead atoms. The quantitative estimate of drug-likeness (QED) is 0.547. The zero-order chi connectivity index (χ0) is 19.8. The van der Waals surface area contributed by atoms with Crippen molar-refractivity contribution in [2.45, 2.75) is 50.6 Å². The van der Waals surface area contributed by atoms with Crippen LogP contribution in [0, 0.1) is 0 Å². The molecule has 0 amide bonds. The van der Waals surface area contributed by atoms with E-state index in [4.69, 9.17) is 0 Å². The number of nitrogens with one attached hydrogen (secondary N) is 2. The number of aromatic nitrogens is 2. The van der Waals surface area contributed by atoms with Crippen LogP contribution < -0.4 is 5.32 Å². The molecule has 0 unspecified atom stereocenters. The number of rotatable bonds is 5. The van der Waals surface area contributed by atoms with Crippen molar-refractivity contribution in [3.05, 3.63) is 48.3 Å². The summed E-state index contributed by atoms with van der Waals surface area (Å²) in [6.45, 7) is 1.41. The van der Waals surface area contributed by atoms with E-state index in [9.17, 15) is 13.9 Å². The van der Waals surface area contributed by atoms with Gasteiger partial charge in [-0.25, -0.2) is 13.8 Å². The van der Waals surface area contributed by atoms with Crippen LogP contribution in [0.5, 0.6) is 0 Å². The molecule has 2 aromatic heterocycles. The van der Waals surface area contributed by atoms with Crippen LogP contribution in [-0.2, 0) is 5.92 Å². The summed E-state index contributed by atoms with van der Waals surface area (Å²) in [7, 11) is 0. The number of aliphatic hydroxyl groups is 1. The molecule has 0 spiro atoms. The van der Waals surface area contributed by atoms with E-state index < -0.39 is 11.5 Å². The van der Waals surface area contributed by atoms with Crippen LogP contribution in [0.1, 0.15) is 44.7 Å². The maximum absolute atomic E-state index is 13.7. The predicted octanol–water partition coefficient (Wildman–Crippen LogP) is 5.45. The molecule has 28 heavy (non-hydrogen) atoms. The van der Waals surface area contributed by atoms with Crippen molar-refractivity contribution >= 4 is 16.7 Å². The van der Waals surface area contributed by atoms with Crippen molar-refractivity contribution in [1.29, 1.82) is 0 Å². The summed E-state index contributed by atoms with van der Waals surface area (Å²) in [5.41, 5.74) is 2.41. The summed E-state index contributed by atoms with van der Waals surface area (Å²) in [4.78, 5) is 6.90. The maximum atomic E-state index is 13.7. The van der Waals surface area contributed by atoms with Gasteiger partial charge in [-0.15, -0.1) is 0 Å². The first-order valence-electron chi connectivity index (χ1n) is 9.77. The van der Waals surface area contributed by atoms with Gasteiger partial charge in [-0.2, -0.15) is 0 Å². The van der Waals surface area contributed by atoms with Crippen LogP contribution in [0.15, 0.2) is 42.6 Å². The third-order valence-corrected chi connectivity index (χ3v) is 5.61. The SMILES string of the molecule is CC(F)(F)c1cc2c(-c3ccc(NCC4(O)CCCCC4)cc3)ccnc2[nH]1. The van der Waals surface area contributed by atoms with E-state index in [1.54, 1.807) is 6.20 Å². The van der Waals surface area contributed by atoms with Gasteiger partial charge in [0.25, 0.3) is 5.92 Å². The summed E-state index contributed by atoms with van der Waals surface area (Å²) < 4.78 is 27.3. The lowest BCUT2D eigenvalue weighted by Crippen LogP contribution is -2.38. The van der Waals surface area contributed by atoms with Crippen molar-refractivity contribution in [3.8, 4) is 11.1 Å². The normalized spacial score (nSPS) is 17.0. The summed E-state index contributed by atoms with van der Waals surface area (Å²) in [6, 6.07) is 11.1. The number of fused-ring (bicyclic) bond motifs is 1. The Kier molecular flexibility index (Phi) is 4.83. The Labute approximate surface area is 163 Å². The van der Waals surface area contributed by atoms with Crippen LogP contribution in [-0.4, -0.2) is 27.2 Å². The highest BCUT2D eigenvalue weighted by atomic mass is 19.3. The van der Waals surface area contributed by atoms with E-state index in [0.29, 0.717) is 17.6 Å². The molecule has 1 aromatic carbocycles. The number of hydrogen-bond acceptors (Lipinski definition) is 3. The highest BCUT2D eigenvalue weighted by Gasteiger charge is 2.29. The molecule has 4 nitrogen and oxygen atoms in total. The number of aromatic amines is 1. The molecule has 4 rings (SSSR count). The number of anilines is 1. The van der Waals surface area contributed by atoms with Crippen molar-refractivity contribution < 1.29 is 13.9 Å². The van der Waals surface area contributed by atoms with Crippen LogP contribution in [0.4, 0.5) is 14.5 Å². The Bertz CT molecular complexity index is 954. The molecule has 1 aliphatic rings. The van der Waals surface area contributed by atoms with Crippen molar-refractivity contribution in [1.82, 2.24) is 9.97 Å². The molecule has 2 heterocycles. The Morgan fingerprint density at radius 3 is 2.54 bits per heavy atom. The van der Waals surface area contributed by atoms with Crippen LogP contribution in [0.25, 0.3) is 22.2 Å². The van der Waals surface area contributed by atoms with Crippen molar-refractivity contribution in [2.75, 3.05) is 11.9 Å². The topological polar surface area (TPSA) is 60.9 Å². The smallest absolute Gasteiger partial charge is 0.284 e. The Hall–Kier alpha value is -2.47. The molecule has 0 radical (unpaired) electrons. The first kappa shape index (κ1) is 18.9. The van der Waals surface area contributed by atoms with E-state index >= 15 is 0 Å². The van der Waals surface area contributed by atoms with Gasteiger partial charge < -0.3 is 15.4 Å². The van der Waals surface area contributed by atoms with Crippen LogP contribution >= 0.6 is 0 Å². The highest BCUT2D eigenvalue weighted by molar-refractivity contribution is 5.93. The van der Waals surface area contributed by atoms with Gasteiger partial charge in [0.1, 0.15) is 5.65 Å². The van der Waals surface area contributed by atoms with Crippen LogP contribution in [0.3, 0.4) is 0 Å². The van der Waals surface area contributed by atoms with Gasteiger partial charge in [-0.3, -0.25) is 0 Å². The molecular weight excluding hydrogens is 360 g/mol. The van der Waals surface area contributed by atoms with Gasteiger partial charge in [0, 0.05) is 30.7 Å². The summed E-state index contributed by atoms with van der Waals surface area (Å²) in [6.07, 6.45) is 6.64. The molecule has 3 N–H and O–H groups in total. The molecule has 0 saturated heterocycles. The molecule has 1 saturated carbocycles. The first-order valence-corrected chi connectivity index (χ1v) is 9.77. The average Bonchev–Trinajstić information content (AvgIpc) is 3.12. The van der Waals surface area contributed by atoms with E-state index in [1.165, 1.54) is 12.5 Å². The van der Waals surface area contributed by atoms with Crippen molar-refractivity contribution in [3.63, 3.8) is 0 Å². The Morgan fingerprint density at radius 1 is 1.14 bits per heavy atom. The molecule has 148 valence electrons. The fourth-order valence-electron chi connectivity index (χ4n) is 3.94. The Balaban J connectivity index is 1.54. The zero-order valence-corrected chi connectivity index (χ0v) is 15.9. The van der Waals surface area contributed by atoms with Gasteiger partial charge in [0.15, 0.2) is 0 Å². The maximum Gasteiger partial charge on any atom is 0.284 e. The fourth-order valence-corrected chi connectivity index (χ4v) is 3.94. The molecule has 1 aliphatic carbocycles. The molecule has 6 heteroatoms. The minimum atomic E-state index is -2.94. The number of alkyl halides is 2. The lowest BCUT2D eigenvalue weighted by Gasteiger charge is -2.32. The zero-order valence-electron chi connectivity index (χ0n) is 15.9. The van der Waals surface area contributed by atoms with E-state index in [2.05, 4.69) is 15.3 Å². The second-order valence-corrected chi connectivity index (χ2v) is 7.91. The second kappa shape index (κ2) is 7.17. The third kappa shape index (κ3) is 3.87. The summed E-state index contributed by atoms with van der Waals surface area (Å²) in [5.74, 6) is -2.94. The van der Waals surface area contributed by atoms with Gasteiger partial charge in [0.2, 0.25) is 0 Å². The number of nitrogens with zero attached hydrogens (tertiary/aromatic N) is 1. The van der Waals surface area contributed by atoms with Crippen LogP contribution in [0.2, 0.25) is 0 Å².